The largest absolute Gasteiger partial charge is 0.488 e. The van der Waals surface area contributed by atoms with Crippen LogP contribution < -0.4 is 15.9 Å². The zero-order valence-electron chi connectivity index (χ0n) is 14.0. The molecule has 0 aliphatic carbocycles. The van der Waals surface area contributed by atoms with E-state index in [1.807, 2.05) is 6.07 Å². The summed E-state index contributed by atoms with van der Waals surface area (Å²) in [6, 6.07) is 10.5. The van der Waals surface area contributed by atoms with Crippen LogP contribution in [0.25, 0.3) is 0 Å². The number of hydrogen-bond acceptors (Lipinski definition) is 7. The van der Waals surface area contributed by atoms with Crippen LogP contribution in [0.5, 0.6) is 5.75 Å². The second-order valence-corrected chi connectivity index (χ2v) is 7.16. The fourth-order valence-corrected chi connectivity index (χ4v) is 2.95. The molecule has 1 heterocycles. The van der Waals surface area contributed by atoms with E-state index in [1.54, 1.807) is 30.3 Å². The summed E-state index contributed by atoms with van der Waals surface area (Å²) in [5.74, 6) is -0.241. The molecule has 0 spiro atoms. The highest BCUT2D eigenvalue weighted by atomic mass is 79.9. The van der Waals surface area contributed by atoms with Crippen molar-refractivity contribution >= 4 is 57.1 Å². The number of hydrogen-bond donors (Lipinski definition) is 2. The van der Waals surface area contributed by atoms with Crippen LogP contribution in [0.1, 0.15) is 21.6 Å². The summed E-state index contributed by atoms with van der Waals surface area (Å²) >= 11 is 15.5. The van der Waals surface area contributed by atoms with Crippen molar-refractivity contribution in [2.75, 3.05) is 5.73 Å². The molecule has 0 aliphatic rings. The van der Waals surface area contributed by atoms with Gasteiger partial charge in [-0.25, -0.2) is 10.1 Å². The standard InChI is InChI=1S/C17H12BrCl2N5O3/c18-11-2-4-14(27-8-9-1-3-12(19)6-13(9)20)10(5-11)7-22-23-17(26)15-16(21)25-28-24-15/h1-7H,8H2,(H2,21,25)(H,23,26). The van der Waals surface area contributed by atoms with Crippen molar-refractivity contribution in [3.8, 4) is 5.75 Å². The number of nitrogens with two attached hydrogens (primary N) is 1. The van der Waals surface area contributed by atoms with Gasteiger partial charge in [-0.05, 0) is 40.6 Å². The van der Waals surface area contributed by atoms with E-state index < -0.39 is 5.91 Å². The van der Waals surface area contributed by atoms with E-state index in [0.29, 0.717) is 21.4 Å². The maximum Gasteiger partial charge on any atom is 0.297 e. The number of amides is 1. The first-order valence-corrected chi connectivity index (χ1v) is 9.26. The van der Waals surface area contributed by atoms with Crippen LogP contribution in [0.15, 0.2) is 50.6 Å². The number of nitrogen functional groups attached to an aromatic ring is 1. The van der Waals surface area contributed by atoms with Crippen molar-refractivity contribution in [1.29, 1.82) is 0 Å². The van der Waals surface area contributed by atoms with Gasteiger partial charge in [0.1, 0.15) is 12.4 Å². The molecule has 3 rings (SSSR count). The molecule has 0 fully saturated rings. The van der Waals surface area contributed by atoms with Crippen LogP contribution in [-0.2, 0) is 6.61 Å². The van der Waals surface area contributed by atoms with Gasteiger partial charge < -0.3 is 10.5 Å². The number of aromatic nitrogens is 2. The normalized spacial score (nSPS) is 11.0. The third kappa shape index (κ3) is 5.00. The van der Waals surface area contributed by atoms with Crippen LogP contribution in [0, 0.1) is 0 Å². The van der Waals surface area contributed by atoms with Gasteiger partial charge in [0.2, 0.25) is 11.5 Å². The quantitative estimate of drug-likeness (QED) is 0.402. The highest BCUT2D eigenvalue weighted by Gasteiger charge is 2.15. The molecule has 0 saturated carbocycles. The number of halogens is 3. The van der Waals surface area contributed by atoms with E-state index in [1.165, 1.54) is 6.21 Å². The van der Waals surface area contributed by atoms with Gasteiger partial charge in [0.15, 0.2) is 0 Å². The van der Waals surface area contributed by atoms with E-state index in [9.17, 15) is 4.79 Å². The number of benzene rings is 2. The summed E-state index contributed by atoms with van der Waals surface area (Å²) < 4.78 is 11.0. The fourth-order valence-electron chi connectivity index (χ4n) is 2.11. The zero-order valence-corrected chi connectivity index (χ0v) is 17.1. The third-order valence-corrected chi connectivity index (χ3v) is 4.55. The second kappa shape index (κ2) is 9.05. The summed E-state index contributed by atoms with van der Waals surface area (Å²) in [6.07, 6.45) is 1.42. The molecule has 0 bridgehead atoms. The van der Waals surface area contributed by atoms with Crippen LogP contribution in [0.4, 0.5) is 5.82 Å². The molecule has 3 N–H and O–H groups in total. The molecule has 11 heteroatoms. The third-order valence-electron chi connectivity index (χ3n) is 3.47. The Morgan fingerprint density at radius 1 is 1.29 bits per heavy atom. The predicted molar refractivity (Wildman–Crippen MR) is 109 cm³/mol. The number of ether oxygens (including phenoxy) is 1. The molecule has 144 valence electrons. The zero-order chi connectivity index (χ0) is 20.1. The number of carbonyl (C=O) groups excluding carboxylic acids is 1. The van der Waals surface area contributed by atoms with E-state index >= 15 is 0 Å². The van der Waals surface area contributed by atoms with E-state index in [0.717, 1.165) is 10.0 Å². The van der Waals surface area contributed by atoms with Crippen molar-refractivity contribution in [1.82, 2.24) is 15.7 Å². The van der Waals surface area contributed by atoms with Crippen molar-refractivity contribution in [3.63, 3.8) is 0 Å². The van der Waals surface area contributed by atoms with Crippen molar-refractivity contribution in [2.45, 2.75) is 6.61 Å². The Kier molecular flexibility index (Phi) is 6.50. The smallest absolute Gasteiger partial charge is 0.297 e. The molecule has 0 aliphatic heterocycles. The summed E-state index contributed by atoms with van der Waals surface area (Å²) in [5.41, 5.74) is 8.99. The number of nitrogens with one attached hydrogen (secondary N) is 1. The number of anilines is 1. The predicted octanol–water partition coefficient (Wildman–Crippen LogP) is 4.06. The Bertz CT molecular complexity index is 1040. The van der Waals surface area contributed by atoms with Crippen molar-refractivity contribution in [3.05, 3.63) is 67.7 Å². The van der Waals surface area contributed by atoms with Crippen LogP contribution in [0.3, 0.4) is 0 Å². The van der Waals surface area contributed by atoms with Gasteiger partial charge in [-0.15, -0.1) is 0 Å². The highest BCUT2D eigenvalue weighted by molar-refractivity contribution is 9.10. The van der Waals surface area contributed by atoms with Gasteiger partial charge in [0.05, 0.1) is 6.21 Å². The summed E-state index contributed by atoms with van der Waals surface area (Å²) in [4.78, 5) is 11.9. The molecule has 0 atom stereocenters. The summed E-state index contributed by atoms with van der Waals surface area (Å²) in [6.45, 7) is 0.228. The van der Waals surface area contributed by atoms with Crippen molar-refractivity contribution in [2.24, 2.45) is 5.10 Å². The Hall–Kier alpha value is -2.62. The number of hydrazone groups is 1. The molecular weight excluding hydrogens is 473 g/mol. The Morgan fingerprint density at radius 3 is 2.82 bits per heavy atom. The molecule has 1 amide bonds. The lowest BCUT2D eigenvalue weighted by molar-refractivity contribution is 0.0946. The van der Waals surface area contributed by atoms with Gasteiger partial charge in [-0.1, -0.05) is 45.2 Å². The SMILES string of the molecule is Nc1nonc1C(=O)NN=Cc1cc(Br)ccc1OCc1ccc(Cl)cc1Cl. The van der Waals surface area contributed by atoms with Gasteiger partial charge in [0, 0.05) is 25.6 Å². The maximum atomic E-state index is 11.9. The van der Waals surface area contributed by atoms with E-state index in [4.69, 9.17) is 33.7 Å². The molecule has 0 saturated heterocycles. The van der Waals surface area contributed by atoms with Gasteiger partial charge >= 0.3 is 0 Å². The lowest BCUT2D eigenvalue weighted by Crippen LogP contribution is -2.19. The van der Waals surface area contributed by atoms with Crippen LogP contribution in [-0.4, -0.2) is 22.4 Å². The first-order chi connectivity index (χ1) is 13.4. The minimum absolute atomic E-state index is 0.126. The summed E-state index contributed by atoms with van der Waals surface area (Å²) in [7, 11) is 0. The molecule has 0 radical (unpaired) electrons. The monoisotopic (exact) mass is 483 g/mol. The van der Waals surface area contributed by atoms with Gasteiger partial charge in [0.25, 0.3) is 5.91 Å². The average molecular weight is 485 g/mol. The molecule has 3 aromatic rings. The number of carbonyl (C=O) groups is 1. The fraction of sp³-hybridized carbons (Fsp3) is 0.0588. The van der Waals surface area contributed by atoms with Gasteiger partial charge in [-0.3, -0.25) is 4.79 Å². The minimum atomic E-state index is -0.652. The van der Waals surface area contributed by atoms with Gasteiger partial charge in [-0.2, -0.15) is 5.10 Å². The molecular formula is C17H12BrCl2N5O3. The Morgan fingerprint density at radius 2 is 2.11 bits per heavy atom. The minimum Gasteiger partial charge on any atom is -0.488 e. The first kappa shape index (κ1) is 20.1. The average Bonchev–Trinajstić information content (AvgIpc) is 3.08. The Labute approximate surface area is 177 Å². The van der Waals surface area contributed by atoms with E-state index in [2.05, 4.69) is 41.4 Å². The lowest BCUT2D eigenvalue weighted by atomic mass is 10.2. The molecule has 8 nitrogen and oxygen atoms in total. The van der Waals surface area contributed by atoms with E-state index in [-0.39, 0.29) is 18.1 Å². The number of rotatable bonds is 6. The Balaban J connectivity index is 1.71. The topological polar surface area (TPSA) is 116 Å². The molecule has 2 aromatic carbocycles. The number of nitrogens with zero attached hydrogens (tertiary/aromatic N) is 3. The van der Waals surface area contributed by atoms with Crippen LogP contribution >= 0.6 is 39.1 Å². The van der Waals surface area contributed by atoms with Crippen LogP contribution in [0.2, 0.25) is 10.0 Å². The maximum absolute atomic E-state index is 11.9. The van der Waals surface area contributed by atoms with Crippen molar-refractivity contribution < 1.29 is 14.2 Å². The summed E-state index contributed by atoms with van der Waals surface area (Å²) in [5, 5.41) is 11.7. The highest BCUT2D eigenvalue weighted by Crippen LogP contribution is 2.25. The first-order valence-electron chi connectivity index (χ1n) is 7.72. The second-order valence-electron chi connectivity index (χ2n) is 5.40. The molecule has 0 unspecified atom stereocenters. The molecule has 1 aromatic heterocycles. The lowest BCUT2D eigenvalue weighted by Gasteiger charge is -2.11. The molecule has 28 heavy (non-hydrogen) atoms.